The highest BCUT2D eigenvalue weighted by Crippen LogP contribution is 2.27. The lowest BCUT2D eigenvalue weighted by Crippen LogP contribution is -2.32. The maximum absolute atomic E-state index is 11.5. The highest BCUT2D eigenvalue weighted by molar-refractivity contribution is 6.42. The van der Waals surface area contributed by atoms with Gasteiger partial charge in [0.05, 0.1) is 10.0 Å². The summed E-state index contributed by atoms with van der Waals surface area (Å²) < 4.78 is 10.2. The number of aromatic nitrogens is 2. The van der Waals surface area contributed by atoms with E-state index in [1.807, 2.05) is 0 Å². The standard InChI is InChI=1S/C14H15Cl2N3O3/c1-14(2,3)21-13(20)17-7-11-18-12(19-22-11)8-4-5-9(15)10(16)6-8/h4-6H,7H2,1-3H3,(H,17,20). The van der Waals surface area contributed by atoms with Gasteiger partial charge in [-0.25, -0.2) is 4.79 Å². The molecule has 0 spiro atoms. The molecule has 22 heavy (non-hydrogen) atoms. The van der Waals surface area contributed by atoms with Crippen molar-refractivity contribution in [1.29, 1.82) is 0 Å². The molecular formula is C14H15Cl2N3O3. The van der Waals surface area contributed by atoms with Crippen LogP contribution in [0, 0.1) is 0 Å². The molecule has 0 saturated heterocycles. The third kappa shape index (κ3) is 4.61. The maximum Gasteiger partial charge on any atom is 0.408 e. The Morgan fingerprint density at radius 1 is 1.32 bits per heavy atom. The van der Waals surface area contributed by atoms with E-state index < -0.39 is 11.7 Å². The molecule has 1 N–H and O–H groups in total. The summed E-state index contributed by atoms with van der Waals surface area (Å²) in [5.74, 6) is 0.617. The number of hydrogen-bond donors (Lipinski definition) is 1. The summed E-state index contributed by atoms with van der Waals surface area (Å²) in [4.78, 5) is 15.7. The van der Waals surface area contributed by atoms with Gasteiger partial charge in [-0.3, -0.25) is 0 Å². The van der Waals surface area contributed by atoms with Crippen LogP contribution in [0.25, 0.3) is 11.4 Å². The first-order chi connectivity index (χ1) is 10.2. The average Bonchev–Trinajstić information content (AvgIpc) is 2.86. The zero-order valence-electron chi connectivity index (χ0n) is 12.3. The Morgan fingerprint density at radius 3 is 2.68 bits per heavy atom. The van der Waals surface area contributed by atoms with E-state index in [-0.39, 0.29) is 12.4 Å². The Hall–Kier alpha value is -1.79. The van der Waals surface area contributed by atoms with E-state index in [1.54, 1.807) is 39.0 Å². The Kier molecular flexibility index (Phi) is 4.93. The fourth-order valence-electron chi connectivity index (χ4n) is 1.54. The van der Waals surface area contributed by atoms with Crippen LogP contribution in [0.5, 0.6) is 0 Å². The van der Waals surface area contributed by atoms with E-state index in [0.29, 0.717) is 21.4 Å². The molecule has 0 bridgehead atoms. The maximum atomic E-state index is 11.5. The normalized spacial score (nSPS) is 11.3. The van der Waals surface area contributed by atoms with Crippen LogP contribution in [0.2, 0.25) is 10.0 Å². The molecule has 0 fully saturated rings. The van der Waals surface area contributed by atoms with Crippen molar-refractivity contribution in [2.24, 2.45) is 0 Å². The first-order valence-corrected chi connectivity index (χ1v) is 7.25. The lowest BCUT2D eigenvalue weighted by Gasteiger charge is -2.19. The number of nitrogens with one attached hydrogen (secondary N) is 1. The Bertz CT molecular complexity index is 680. The topological polar surface area (TPSA) is 77.2 Å². The molecular weight excluding hydrogens is 329 g/mol. The van der Waals surface area contributed by atoms with Crippen molar-refractivity contribution in [3.05, 3.63) is 34.1 Å². The molecule has 0 atom stereocenters. The molecule has 0 aliphatic heterocycles. The summed E-state index contributed by atoms with van der Waals surface area (Å²) in [6, 6.07) is 5.01. The fraction of sp³-hybridized carbons (Fsp3) is 0.357. The van der Waals surface area contributed by atoms with Crippen molar-refractivity contribution in [1.82, 2.24) is 15.5 Å². The monoisotopic (exact) mass is 343 g/mol. The van der Waals surface area contributed by atoms with Crippen LogP contribution in [0.1, 0.15) is 26.7 Å². The first kappa shape index (κ1) is 16.6. The highest BCUT2D eigenvalue weighted by Gasteiger charge is 2.17. The minimum absolute atomic E-state index is 0.0727. The van der Waals surface area contributed by atoms with Gasteiger partial charge in [-0.1, -0.05) is 28.4 Å². The van der Waals surface area contributed by atoms with E-state index in [1.165, 1.54) is 0 Å². The van der Waals surface area contributed by atoms with Gasteiger partial charge in [-0.2, -0.15) is 4.98 Å². The number of alkyl carbamates (subject to hydrolysis) is 1. The molecule has 0 unspecified atom stereocenters. The van der Waals surface area contributed by atoms with E-state index >= 15 is 0 Å². The minimum Gasteiger partial charge on any atom is -0.444 e. The van der Waals surface area contributed by atoms with Crippen molar-refractivity contribution in [3.63, 3.8) is 0 Å². The average molecular weight is 344 g/mol. The van der Waals surface area contributed by atoms with Gasteiger partial charge in [0.15, 0.2) is 0 Å². The van der Waals surface area contributed by atoms with E-state index in [9.17, 15) is 4.79 Å². The van der Waals surface area contributed by atoms with Gasteiger partial charge in [0.25, 0.3) is 0 Å². The van der Waals surface area contributed by atoms with Crippen LogP contribution in [0.15, 0.2) is 22.7 Å². The number of ether oxygens (including phenoxy) is 1. The van der Waals surface area contributed by atoms with Gasteiger partial charge in [0, 0.05) is 5.56 Å². The summed E-state index contributed by atoms with van der Waals surface area (Å²) in [5.41, 5.74) is 0.103. The van der Waals surface area contributed by atoms with Crippen LogP contribution >= 0.6 is 23.2 Å². The van der Waals surface area contributed by atoms with E-state index in [4.69, 9.17) is 32.5 Å². The third-order valence-electron chi connectivity index (χ3n) is 2.43. The minimum atomic E-state index is -0.565. The lowest BCUT2D eigenvalue weighted by atomic mass is 10.2. The molecule has 0 radical (unpaired) electrons. The SMILES string of the molecule is CC(C)(C)OC(=O)NCc1nc(-c2ccc(Cl)c(Cl)c2)no1. The van der Waals surface area contributed by atoms with Crippen LogP contribution in [0.3, 0.4) is 0 Å². The van der Waals surface area contributed by atoms with Crippen molar-refractivity contribution in [2.75, 3.05) is 0 Å². The summed E-state index contributed by atoms with van der Waals surface area (Å²) >= 11 is 11.8. The predicted octanol–water partition coefficient (Wildman–Crippen LogP) is 4.07. The molecule has 2 rings (SSSR count). The zero-order valence-corrected chi connectivity index (χ0v) is 13.8. The molecule has 1 aromatic carbocycles. The smallest absolute Gasteiger partial charge is 0.408 e. The molecule has 0 aliphatic rings. The molecule has 0 saturated carbocycles. The lowest BCUT2D eigenvalue weighted by molar-refractivity contribution is 0.0518. The molecule has 1 heterocycles. The van der Waals surface area contributed by atoms with Gasteiger partial charge in [-0.15, -0.1) is 0 Å². The second-order valence-electron chi connectivity index (χ2n) is 5.50. The third-order valence-corrected chi connectivity index (χ3v) is 3.17. The number of benzene rings is 1. The zero-order chi connectivity index (χ0) is 16.3. The fourth-order valence-corrected chi connectivity index (χ4v) is 1.84. The van der Waals surface area contributed by atoms with Crippen LogP contribution in [0.4, 0.5) is 4.79 Å². The van der Waals surface area contributed by atoms with Gasteiger partial charge < -0.3 is 14.6 Å². The van der Waals surface area contributed by atoms with Crippen LogP contribution in [-0.4, -0.2) is 21.8 Å². The van der Waals surface area contributed by atoms with E-state index in [0.717, 1.165) is 0 Å². The summed E-state index contributed by atoms with van der Waals surface area (Å²) in [6.45, 7) is 5.41. The molecule has 0 aliphatic carbocycles. The van der Waals surface area contributed by atoms with Gasteiger partial charge in [0.1, 0.15) is 12.1 Å². The number of carbonyl (C=O) groups excluding carboxylic acids is 1. The number of rotatable bonds is 3. The number of amides is 1. The van der Waals surface area contributed by atoms with E-state index in [2.05, 4.69) is 15.5 Å². The van der Waals surface area contributed by atoms with Crippen LogP contribution in [-0.2, 0) is 11.3 Å². The first-order valence-electron chi connectivity index (χ1n) is 6.49. The molecule has 118 valence electrons. The molecule has 2 aromatic rings. The second-order valence-corrected chi connectivity index (χ2v) is 6.31. The summed E-state index contributed by atoms with van der Waals surface area (Å²) in [5, 5.41) is 7.21. The largest absolute Gasteiger partial charge is 0.444 e. The Balaban J connectivity index is 1.99. The Morgan fingerprint density at radius 2 is 2.05 bits per heavy atom. The highest BCUT2D eigenvalue weighted by atomic mass is 35.5. The summed E-state index contributed by atoms with van der Waals surface area (Å²) in [6.07, 6.45) is -0.554. The van der Waals surface area contributed by atoms with Crippen molar-refractivity contribution < 1.29 is 14.1 Å². The van der Waals surface area contributed by atoms with Crippen molar-refractivity contribution in [2.45, 2.75) is 32.9 Å². The number of halogens is 2. The van der Waals surface area contributed by atoms with Gasteiger partial charge in [-0.05, 0) is 39.0 Å². The number of carbonyl (C=O) groups is 1. The van der Waals surface area contributed by atoms with Gasteiger partial charge in [0.2, 0.25) is 11.7 Å². The molecule has 6 nitrogen and oxygen atoms in total. The van der Waals surface area contributed by atoms with Crippen molar-refractivity contribution in [3.8, 4) is 11.4 Å². The van der Waals surface area contributed by atoms with Crippen LogP contribution < -0.4 is 5.32 Å². The Labute approximate surface area is 137 Å². The predicted molar refractivity (Wildman–Crippen MR) is 82.8 cm³/mol. The summed E-state index contributed by atoms with van der Waals surface area (Å²) in [7, 11) is 0. The van der Waals surface area contributed by atoms with Crippen molar-refractivity contribution >= 4 is 29.3 Å². The molecule has 1 aromatic heterocycles. The second kappa shape index (κ2) is 6.54. The number of nitrogens with zero attached hydrogens (tertiary/aromatic N) is 2. The molecule has 8 heteroatoms. The van der Waals surface area contributed by atoms with Gasteiger partial charge >= 0.3 is 6.09 Å². The molecule has 1 amide bonds. The number of hydrogen-bond acceptors (Lipinski definition) is 5. The quantitative estimate of drug-likeness (QED) is 0.908.